The van der Waals surface area contributed by atoms with Crippen molar-refractivity contribution < 1.29 is 4.74 Å². The smallest absolute Gasteiger partial charge is 0.110 e. The lowest BCUT2D eigenvalue weighted by molar-refractivity contribution is 0.0546. The molecule has 1 aromatic rings. The van der Waals surface area contributed by atoms with Gasteiger partial charge in [0, 0.05) is 17.6 Å². The van der Waals surface area contributed by atoms with Crippen LogP contribution in [0, 0.1) is 6.92 Å². The summed E-state index contributed by atoms with van der Waals surface area (Å²) < 4.78 is 5.77. The lowest BCUT2D eigenvalue weighted by atomic mass is 10.2. The molecule has 2 rings (SSSR count). The number of hydrogen-bond donors (Lipinski definition) is 1. The minimum Gasteiger partial charge on any atom is -0.374 e. The summed E-state index contributed by atoms with van der Waals surface area (Å²) in [4.78, 5) is 4.49. The van der Waals surface area contributed by atoms with Crippen LogP contribution in [0.1, 0.15) is 43.4 Å². The Morgan fingerprint density at radius 1 is 1.62 bits per heavy atom. The van der Waals surface area contributed by atoms with Gasteiger partial charge in [-0.05, 0) is 33.6 Å². The van der Waals surface area contributed by atoms with E-state index in [0.717, 1.165) is 12.2 Å². The second kappa shape index (κ2) is 5.25. The van der Waals surface area contributed by atoms with Crippen LogP contribution >= 0.6 is 11.3 Å². The number of thiazole rings is 1. The number of rotatable bonds is 4. The first-order valence-corrected chi connectivity index (χ1v) is 6.84. The third-order valence-electron chi connectivity index (χ3n) is 2.98. The molecule has 90 valence electrons. The number of aromatic nitrogens is 1. The molecule has 4 heteroatoms. The molecule has 3 atom stereocenters. The van der Waals surface area contributed by atoms with E-state index in [1.807, 2.05) is 6.92 Å². The fourth-order valence-electron chi connectivity index (χ4n) is 2.00. The maximum Gasteiger partial charge on any atom is 0.110 e. The molecular weight excluding hydrogens is 220 g/mol. The molecule has 0 radical (unpaired) electrons. The highest BCUT2D eigenvalue weighted by Crippen LogP contribution is 2.21. The van der Waals surface area contributed by atoms with Crippen LogP contribution in [-0.4, -0.2) is 23.7 Å². The van der Waals surface area contributed by atoms with Gasteiger partial charge in [-0.1, -0.05) is 0 Å². The summed E-state index contributed by atoms with van der Waals surface area (Å²) in [7, 11) is 0. The van der Waals surface area contributed by atoms with Crippen LogP contribution in [-0.2, 0) is 4.74 Å². The zero-order valence-electron chi connectivity index (χ0n) is 10.2. The van der Waals surface area contributed by atoms with Gasteiger partial charge in [0.15, 0.2) is 0 Å². The Hall–Kier alpha value is -0.450. The molecule has 0 bridgehead atoms. The molecule has 0 spiro atoms. The summed E-state index contributed by atoms with van der Waals surface area (Å²) in [6.45, 7) is 7.28. The molecule has 1 N–H and O–H groups in total. The molecule has 1 aliphatic rings. The highest BCUT2D eigenvalue weighted by atomic mass is 32.1. The molecule has 0 amide bonds. The zero-order chi connectivity index (χ0) is 11.5. The Bertz CT molecular complexity index is 340. The predicted molar refractivity (Wildman–Crippen MR) is 66.8 cm³/mol. The number of ether oxygens (including phenoxy) is 1. The monoisotopic (exact) mass is 240 g/mol. The molecule has 1 aromatic heterocycles. The van der Waals surface area contributed by atoms with E-state index in [-0.39, 0.29) is 0 Å². The van der Waals surface area contributed by atoms with E-state index in [0.29, 0.717) is 18.2 Å². The first-order valence-electron chi connectivity index (χ1n) is 5.96. The highest BCUT2D eigenvalue weighted by molar-refractivity contribution is 7.09. The van der Waals surface area contributed by atoms with Crippen molar-refractivity contribution in [2.45, 2.75) is 51.9 Å². The van der Waals surface area contributed by atoms with Gasteiger partial charge in [-0.25, -0.2) is 4.98 Å². The van der Waals surface area contributed by atoms with Gasteiger partial charge in [0.05, 0.1) is 18.2 Å². The van der Waals surface area contributed by atoms with Crippen molar-refractivity contribution in [1.82, 2.24) is 10.3 Å². The van der Waals surface area contributed by atoms with E-state index in [4.69, 9.17) is 4.74 Å². The zero-order valence-corrected chi connectivity index (χ0v) is 11.0. The van der Waals surface area contributed by atoms with Gasteiger partial charge in [0.1, 0.15) is 5.01 Å². The van der Waals surface area contributed by atoms with Gasteiger partial charge in [-0.2, -0.15) is 0 Å². The fourth-order valence-corrected chi connectivity index (χ4v) is 2.83. The quantitative estimate of drug-likeness (QED) is 0.878. The van der Waals surface area contributed by atoms with Crippen LogP contribution in [0.25, 0.3) is 0 Å². The number of nitrogens with zero attached hydrogens (tertiary/aromatic N) is 1. The molecule has 1 fully saturated rings. The summed E-state index contributed by atoms with van der Waals surface area (Å²) in [5.74, 6) is 0. The average molecular weight is 240 g/mol. The van der Waals surface area contributed by atoms with Gasteiger partial charge >= 0.3 is 0 Å². The molecule has 16 heavy (non-hydrogen) atoms. The average Bonchev–Trinajstić information content (AvgIpc) is 2.84. The summed E-state index contributed by atoms with van der Waals surface area (Å²) >= 11 is 1.73. The lowest BCUT2D eigenvalue weighted by Gasteiger charge is -2.15. The summed E-state index contributed by atoms with van der Waals surface area (Å²) in [6, 6.07) is 0.332. The van der Waals surface area contributed by atoms with Crippen molar-refractivity contribution in [2.24, 2.45) is 0 Å². The third-order valence-corrected chi connectivity index (χ3v) is 4.12. The Kier molecular flexibility index (Phi) is 3.95. The Morgan fingerprint density at radius 3 is 3.00 bits per heavy atom. The minimum atomic E-state index is 0.332. The molecule has 0 aliphatic carbocycles. The van der Waals surface area contributed by atoms with Crippen molar-refractivity contribution >= 4 is 11.3 Å². The maximum absolute atomic E-state index is 5.77. The number of aryl methyl sites for hydroxylation is 1. The van der Waals surface area contributed by atoms with E-state index in [1.165, 1.54) is 17.8 Å². The van der Waals surface area contributed by atoms with Crippen LogP contribution < -0.4 is 5.32 Å². The van der Waals surface area contributed by atoms with E-state index in [2.05, 4.69) is 29.5 Å². The second-order valence-corrected chi connectivity index (χ2v) is 5.49. The predicted octanol–water partition coefficient (Wildman–Crippen LogP) is 2.67. The minimum absolute atomic E-state index is 0.332. The van der Waals surface area contributed by atoms with Crippen molar-refractivity contribution in [2.75, 3.05) is 6.54 Å². The normalized spacial score (nSPS) is 27.2. The summed E-state index contributed by atoms with van der Waals surface area (Å²) in [5, 5.41) is 6.77. The summed E-state index contributed by atoms with van der Waals surface area (Å²) in [5.41, 5.74) is 1.11. The lowest BCUT2D eigenvalue weighted by Crippen LogP contribution is -2.29. The van der Waals surface area contributed by atoms with Crippen molar-refractivity contribution in [1.29, 1.82) is 0 Å². The van der Waals surface area contributed by atoms with E-state index in [1.54, 1.807) is 11.3 Å². The largest absolute Gasteiger partial charge is 0.374 e. The van der Waals surface area contributed by atoms with Crippen LogP contribution in [0.3, 0.4) is 0 Å². The highest BCUT2D eigenvalue weighted by Gasteiger charge is 2.22. The van der Waals surface area contributed by atoms with Crippen molar-refractivity contribution in [3.8, 4) is 0 Å². The van der Waals surface area contributed by atoms with Crippen LogP contribution in [0.5, 0.6) is 0 Å². The SMILES string of the molecule is Cc1csc(C(C)NCC2CCC(C)O2)n1. The molecule has 1 saturated heterocycles. The first-order chi connectivity index (χ1) is 7.65. The summed E-state index contributed by atoms with van der Waals surface area (Å²) in [6.07, 6.45) is 3.19. The first kappa shape index (κ1) is 12.0. The Balaban J connectivity index is 1.77. The van der Waals surface area contributed by atoms with Gasteiger partial charge in [0.2, 0.25) is 0 Å². The van der Waals surface area contributed by atoms with Crippen LogP contribution in [0.15, 0.2) is 5.38 Å². The molecule has 2 heterocycles. The number of nitrogens with one attached hydrogen (secondary N) is 1. The maximum atomic E-state index is 5.77. The number of hydrogen-bond acceptors (Lipinski definition) is 4. The Morgan fingerprint density at radius 2 is 2.44 bits per heavy atom. The molecule has 0 aromatic carbocycles. The van der Waals surface area contributed by atoms with Gasteiger partial charge < -0.3 is 10.1 Å². The van der Waals surface area contributed by atoms with E-state index in [9.17, 15) is 0 Å². The molecule has 1 aliphatic heterocycles. The molecule has 0 saturated carbocycles. The molecule has 3 nitrogen and oxygen atoms in total. The van der Waals surface area contributed by atoms with Crippen LogP contribution in [0.2, 0.25) is 0 Å². The van der Waals surface area contributed by atoms with Gasteiger partial charge in [-0.15, -0.1) is 11.3 Å². The van der Waals surface area contributed by atoms with E-state index >= 15 is 0 Å². The fraction of sp³-hybridized carbons (Fsp3) is 0.750. The topological polar surface area (TPSA) is 34.1 Å². The van der Waals surface area contributed by atoms with E-state index < -0.39 is 0 Å². The molecular formula is C12H20N2OS. The van der Waals surface area contributed by atoms with Gasteiger partial charge in [-0.3, -0.25) is 0 Å². The molecule has 3 unspecified atom stereocenters. The van der Waals surface area contributed by atoms with Gasteiger partial charge in [0.25, 0.3) is 0 Å². The third kappa shape index (κ3) is 3.03. The van der Waals surface area contributed by atoms with Crippen molar-refractivity contribution in [3.63, 3.8) is 0 Å². The standard InChI is InChI=1S/C12H20N2OS/c1-8-7-16-12(14-8)10(3)13-6-11-5-4-9(2)15-11/h7,9-11,13H,4-6H2,1-3H3. The van der Waals surface area contributed by atoms with Crippen molar-refractivity contribution in [3.05, 3.63) is 16.1 Å². The second-order valence-electron chi connectivity index (χ2n) is 4.60. The Labute approximate surface area is 101 Å². The van der Waals surface area contributed by atoms with Crippen LogP contribution in [0.4, 0.5) is 0 Å².